The highest BCUT2D eigenvalue weighted by Crippen LogP contribution is 2.18. The van der Waals surface area contributed by atoms with Crippen LogP contribution in [0.5, 0.6) is 0 Å². The predicted octanol–water partition coefficient (Wildman–Crippen LogP) is 3.81. The molecule has 0 saturated carbocycles. The topological polar surface area (TPSA) is 99.1 Å². The molecule has 2 N–H and O–H groups in total. The zero-order valence-corrected chi connectivity index (χ0v) is 15.6. The van der Waals surface area contributed by atoms with E-state index in [1.54, 1.807) is 60.7 Å². The molecule has 28 heavy (non-hydrogen) atoms. The monoisotopic (exact) mass is 391 g/mol. The molecule has 3 rings (SSSR count). The van der Waals surface area contributed by atoms with Gasteiger partial charge in [-0.1, -0.05) is 36.4 Å². The third kappa shape index (κ3) is 4.75. The van der Waals surface area contributed by atoms with Gasteiger partial charge in [0.05, 0.1) is 17.4 Å². The fraction of sp³-hybridized carbons (Fsp3) is 0.0476. The van der Waals surface area contributed by atoms with E-state index in [-0.39, 0.29) is 10.5 Å². The Morgan fingerprint density at radius 1 is 0.893 bits per heavy atom. The van der Waals surface area contributed by atoms with Crippen molar-refractivity contribution in [1.29, 1.82) is 5.26 Å². The fourth-order valence-corrected chi connectivity index (χ4v) is 3.63. The lowest BCUT2D eigenvalue weighted by atomic mass is 10.1. The Kier molecular flexibility index (Phi) is 5.72. The van der Waals surface area contributed by atoms with Gasteiger partial charge < -0.3 is 5.32 Å². The van der Waals surface area contributed by atoms with Crippen molar-refractivity contribution in [3.05, 3.63) is 90.0 Å². The van der Waals surface area contributed by atoms with Gasteiger partial charge in [0.1, 0.15) is 0 Å². The fourth-order valence-electron chi connectivity index (χ4n) is 2.53. The first-order valence-corrected chi connectivity index (χ1v) is 9.91. The van der Waals surface area contributed by atoms with Crippen LogP contribution in [0.25, 0.3) is 0 Å². The number of hydrogen-bond acceptors (Lipinski definition) is 4. The van der Waals surface area contributed by atoms with Gasteiger partial charge in [-0.3, -0.25) is 9.52 Å². The molecule has 1 amide bonds. The van der Waals surface area contributed by atoms with Crippen molar-refractivity contribution < 1.29 is 13.2 Å². The molecule has 0 unspecified atom stereocenters. The summed E-state index contributed by atoms with van der Waals surface area (Å²) >= 11 is 0. The van der Waals surface area contributed by atoms with Gasteiger partial charge >= 0.3 is 0 Å². The molecule has 0 aliphatic rings. The van der Waals surface area contributed by atoms with Crippen LogP contribution in [0.1, 0.15) is 15.9 Å². The standard InChI is InChI=1S/C21H17N3O3S/c22-14-13-16-9-11-18(12-10-16)23-21(25)17-5-4-8-20(15-17)28(26,27)24-19-6-2-1-3-7-19/h1-12,15,24H,13H2,(H,23,25). The molecule has 0 fully saturated rings. The van der Waals surface area contributed by atoms with Crippen LogP contribution in [0, 0.1) is 11.3 Å². The Labute approximate surface area is 163 Å². The number of para-hydroxylation sites is 1. The van der Waals surface area contributed by atoms with Crippen LogP contribution in [0.4, 0.5) is 11.4 Å². The van der Waals surface area contributed by atoms with E-state index in [9.17, 15) is 13.2 Å². The molecule has 0 aliphatic heterocycles. The minimum Gasteiger partial charge on any atom is -0.322 e. The summed E-state index contributed by atoms with van der Waals surface area (Å²) in [6.45, 7) is 0. The predicted molar refractivity (Wildman–Crippen MR) is 107 cm³/mol. The number of nitrogens with zero attached hydrogens (tertiary/aromatic N) is 1. The SMILES string of the molecule is N#CCc1ccc(NC(=O)c2cccc(S(=O)(=O)Nc3ccccc3)c2)cc1. The Morgan fingerprint density at radius 3 is 2.29 bits per heavy atom. The third-order valence-electron chi connectivity index (χ3n) is 3.93. The smallest absolute Gasteiger partial charge is 0.261 e. The number of carbonyl (C=O) groups is 1. The summed E-state index contributed by atoms with van der Waals surface area (Å²) in [7, 11) is -3.81. The molecule has 0 aliphatic carbocycles. The molecule has 7 heteroatoms. The maximum atomic E-state index is 12.6. The molecule has 3 aromatic rings. The summed E-state index contributed by atoms with van der Waals surface area (Å²) in [6, 6.07) is 23.3. The van der Waals surface area contributed by atoms with E-state index in [1.165, 1.54) is 18.2 Å². The largest absolute Gasteiger partial charge is 0.322 e. The first kappa shape index (κ1) is 19.1. The second-order valence-corrected chi connectivity index (χ2v) is 7.67. The molecular weight excluding hydrogens is 374 g/mol. The maximum absolute atomic E-state index is 12.6. The van der Waals surface area contributed by atoms with Crippen molar-refractivity contribution in [2.45, 2.75) is 11.3 Å². The first-order valence-electron chi connectivity index (χ1n) is 8.43. The van der Waals surface area contributed by atoms with Crippen molar-refractivity contribution in [1.82, 2.24) is 0 Å². The van der Waals surface area contributed by atoms with Gasteiger partial charge in [0.2, 0.25) is 0 Å². The summed E-state index contributed by atoms with van der Waals surface area (Å²) in [5.41, 5.74) is 2.06. The third-order valence-corrected chi connectivity index (χ3v) is 5.31. The zero-order valence-electron chi connectivity index (χ0n) is 14.8. The van der Waals surface area contributed by atoms with E-state index in [0.29, 0.717) is 17.8 Å². The lowest BCUT2D eigenvalue weighted by Gasteiger charge is -2.10. The van der Waals surface area contributed by atoms with E-state index in [2.05, 4.69) is 16.1 Å². The number of sulfonamides is 1. The van der Waals surface area contributed by atoms with E-state index < -0.39 is 15.9 Å². The summed E-state index contributed by atoms with van der Waals surface area (Å²) in [4.78, 5) is 12.5. The highest BCUT2D eigenvalue weighted by atomic mass is 32.2. The van der Waals surface area contributed by atoms with Crippen LogP contribution in [0.3, 0.4) is 0 Å². The van der Waals surface area contributed by atoms with Gasteiger partial charge in [0, 0.05) is 16.9 Å². The number of hydrogen-bond donors (Lipinski definition) is 2. The van der Waals surface area contributed by atoms with Crippen LogP contribution in [-0.2, 0) is 16.4 Å². The van der Waals surface area contributed by atoms with Crippen LogP contribution in [0.15, 0.2) is 83.8 Å². The van der Waals surface area contributed by atoms with Crippen LogP contribution in [0.2, 0.25) is 0 Å². The quantitative estimate of drug-likeness (QED) is 0.667. The summed E-state index contributed by atoms with van der Waals surface area (Å²) in [6.07, 6.45) is 0.294. The van der Waals surface area contributed by atoms with Crippen LogP contribution < -0.4 is 10.0 Å². The molecule has 0 bridgehead atoms. The van der Waals surface area contributed by atoms with Crippen molar-refractivity contribution >= 4 is 27.3 Å². The molecule has 0 radical (unpaired) electrons. The van der Waals surface area contributed by atoms with Gasteiger partial charge in [-0.2, -0.15) is 5.26 Å². The number of benzene rings is 3. The number of anilines is 2. The van der Waals surface area contributed by atoms with Gasteiger partial charge in [0.15, 0.2) is 0 Å². The highest BCUT2D eigenvalue weighted by Gasteiger charge is 2.16. The Hall–Kier alpha value is -3.63. The van der Waals surface area contributed by atoms with E-state index in [0.717, 1.165) is 5.56 Å². The van der Waals surface area contributed by atoms with Crippen molar-refractivity contribution in [3.63, 3.8) is 0 Å². The van der Waals surface area contributed by atoms with Gasteiger partial charge in [0.25, 0.3) is 15.9 Å². The average Bonchev–Trinajstić information content (AvgIpc) is 2.70. The van der Waals surface area contributed by atoms with Gasteiger partial charge in [-0.25, -0.2) is 8.42 Å². The number of nitrogens with one attached hydrogen (secondary N) is 2. The summed E-state index contributed by atoms with van der Waals surface area (Å²) < 4.78 is 27.6. The van der Waals surface area contributed by atoms with Crippen LogP contribution in [-0.4, -0.2) is 14.3 Å². The molecule has 6 nitrogen and oxygen atoms in total. The molecule has 0 aromatic heterocycles. The van der Waals surface area contributed by atoms with Crippen molar-refractivity contribution in [2.75, 3.05) is 10.0 Å². The molecular formula is C21H17N3O3S. The molecule has 0 spiro atoms. The minimum absolute atomic E-state index is 0.00614. The minimum atomic E-state index is -3.81. The van der Waals surface area contributed by atoms with E-state index in [4.69, 9.17) is 5.26 Å². The first-order chi connectivity index (χ1) is 13.5. The number of carbonyl (C=O) groups excluding carboxylic acids is 1. The second-order valence-electron chi connectivity index (χ2n) is 5.99. The lowest BCUT2D eigenvalue weighted by molar-refractivity contribution is 0.102. The van der Waals surface area contributed by atoms with Gasteiger partial charge in [-0.15, -0.1) is 0 Å². The van der Waals surface area contributed by atoms with Crippen LogP contribution >= 0.6 is 0 Å². The number of amides is 1. The number of nitriles is 1. The Balaban J connectivity index is 1.76. The molecule has 0 atom stereocenters. The molecule has 0 heterocycles. The molecule has 3 aromatic carbocycles. The average molecular weight is 391 g/mol. The zero-order chi connectivity index (χ0) is 20.0. The number of rotatable bonds is 6. The van der Waals surface area contributed by atoms with Crippen molar-refractivity contribution in [2.24, 2.45) is 0 Å². The molecule has 0 saturated heterocycles. The second kappa shape index (κ2) is 8.37. The maximum Gasteiger partial charge on any atom is 0.261 e. The summed E-state index contributed by atoms with van der Waals surface area (Å²) in [5, 5.41) is 11.4. The normalized spacial score (nSPS) is 10.7. The Bertz CT molecular complexity index is 1120. The highest BCUT2D eigenvalue weighted by molar-refractivity contribution is 7.92. The molecule has 140 valence electrons. The Morgan fingerprint density at radius 2 is 1.61 bits per heavy atom. The van der Waals surface area contributed by atoms with Gasteiger partial charge in [-0.05, 0) is 48.0 Å². The van der Waals surface area contributed by atoms with E-state index in [1.807, 2.05) is 0 Å². The van der Waals surface area contributed by atoms with Crippen molar-refractivity contribution in [3.8, 4) is 6.07 Å². The lowest BCUT2D eigenvalue weighted by Crippen LogP contribution is -2.16. The summed E-state index contributed by atoms with van der Waals surface area (Å²) in [5.74, 6) is -0.426. The van der Waals surface area contributed by atoms with E-state index >= 15 is 0 Å².